The molecule has 0 aliphatic carbocycles. The Morgan fingerprint density at radius 1 is 1.26 bits per heavy atom. The minimum atomic E-state index is -0.344. The van der Waals surface area contributed by atoms with Crippen molar-refractivity contribution < 1.29 is 13.9 Å². The van der Waals surface area contributed by atoms with Gasteiger partial charge in [0.05, 0.1) is 18.8 Å². The number of rotatable bonds is 3. The fourth-order valence-electron chi connectivity index (χ4n) is 2.37. The number of aromatic nitrogens is 1. The van der Waals surface area contributed by atoms with Crippen molar-refractivity contribution in [3.05, 3.63) is 53.5 Å². The predicted molar refractivity (Wildman–Crippen MR) is 86.4 cm³/mol. The molecule has 1 N–H and O–H groups in total. The van der Waals surface area contributed by atoms with Gasteiger partial charge in [0.2, 0.25) is 0 Å². The van der Waals surface area contributed by atoms with Gasteiger partial charge in [0.15, 0.2) is 0 Å². The predicted octanol–water partition coefficient (Wildman–Crippen LogP) is 2.62. The lowest BCUT2D eigenvalue weighted by Gasteiger charge is -2.27. The van der Waals surface area contributed by atoms with Crippen molar-refractivity contribution in [2.45, 2.75) is 6.92 Å². The number of morpholine rings is 1. The Balaban J connectivity index is 1.68. The first-order chi connectivity index (χ1) is 11.1. The normalized spacial score (nSPS) is 14.6. The molecule has 1 fully saturated rings. The average molecular weight is 315 g/mol. The number of aryl methyl sites for hydroxylation is 1. The van der Waals surface area contributed by atoms with Crippen molar-refractivity contribution in [3.8, 4) is 0 Å². The Bertz CT molecular complexity index is 697. The van der Waals surface area contributed by atoms with Gasteiger partial charge in [-0.05, 0) is 36.8 Å². The van der Waals surface area contributed by atoms with Gasteiger partial charge in [-0.15, -0.1) is 0 Å². The molecule has 6 heteroatoms. The number of hydrogen-bond acceptors (Lipinski definition) is 4. The molecule has 1 aliphatic heterocycles. The second-order valence-electron chi connectivity index (χ2n) is 5.42. The van der Waals surface area contributed by atoms with E-state index in [1.54, 1.807) is 25.1 Å². The molecule has 5 nitrogen and oxygen atoms in total. The molecule has 0 bridgehead atoms. The van der Waals surface area contributed by atoms with E-state index in [2.05, 4.69) is 15.2 Å². The molecular formula is C17H18FN3O2. The van der Waals surface area contributed by atoms with E-state index in [1.807, 2.05) is 6.07 Å². The fourth-order valence-corrected chi connectivity index (χ4v) is 2.37. The van der Waals surface area contributed by atoms with E-state index < -0.39 is 0 Å². The highest BCUT2D eigenvalue weighted by Crippen LogP contribution is 2.16. The third kappa shape index (κ3) is 3.65. The largest absolute Gasteiger partial charge is 0.378 e. The molecule has 0 spiro atoms. The molecule has 2 heterocycles. The summed E-state index contributed by atoms with van der Waals surface area (Å²) in [6.07, 6.45) is 1.53. The van der Waals surface area contributed by atoms with Crippen LogP contribution in [0, 0.1) is 12.7 Å². The van der Waals surface area contributed by atoms with Gasteiger partial charge in [0.1, 0.15) is 11.6 Å². The maximum absolute atomic E-state index is 13.5. The summed E-state index contributed by atoms with van der Waals surface area (Å²) in [7, 11) is 0. The SMILES string of the molecule is Cc1ccc(NC(=O)c2ccc(N3CCOCC3)nc2)cc1F. The van der Waals surface area contributed by atoms with Crippen LogP contribution in [0.3, 0.4) is 0 Å². The van der Waals surface area contributed by atoms with Crippen LogP contribution in [0.1, 0.15) is 15.9 Å². The summed E-state index contributed by atoms with van der Waals surface area (Å²) < 4.78 is 18.8. The Hall–Kier alpha value is -2.47. The van der Waals surface area contributed by atoms with Crippen LogP contribution in [-0.2, 0) is 4.74 Å². The highest BCUT2D eigenvalue weighted by molar-refractivity contribution is 6.04. The molecule has 0 saturated carbocycles. The van der Waals surface area contributed by atoms with Crippen LogP contribution in [0.2, 0.25) is 0 Å². The third-order valence-corrected chi connectivity index (χ3v) is 3.77. The number of benzene rings is 1. The Morgan fingerprint density at radius 3 is 2.70 bits per heavy atom. The number of nitrogens with one attached hydrogen (secondary N) is 1. The summed E-state index contributed by atoms with van der Waals surface area (Å²) in [4.78, 5) is 18.6. The highest BCUT2D eigenvalue weighted by atomic mass is 19.1. The zero-order valence-electron chi connectivity index (χ0n) is 12.9. The summed E-state index contributed by atoms with van der Waals surface area (Å²) in [5.41, 5.74) is 1.40. The number of carbonyl (C=O) groups is 1. The van der Waals surface area contributed by atoms with Crippen molar-refractivity contribution in [2.75, 3.05) is 36.5 Å². The first-order valence-electron chi connectivity index (χ1n) is 7.50. The molecule has 1 saturated heterocycles. The summed E-state index contributed by atoms with van der Waals surface area (Å²) in [6, 6.07) is 8.15. The molecule has 1 aromatic carbocycles. The summed E-state index contributed by atoms with van der Waals surface area (Å²) >= 11 is 0. The Morgan fingerprint density at radius 2 is 2.04 bits per heavy atom. The fraction of sp³-hybridized carbons (Fsp3) is 0.294. The minimum Gasteiger partial charge on any atom is -0.378 e. The number of anilines is 2. The quantitative estimate of drug-likeness (QED) is 0.946. The van der Waals surface area contributed by atoms with Crippen LogP contribution < -0.4 is 10.2 Å². The topological polar surface area (TPSA) is 54.5 Å². The number of ether oxygens (including phenoxy) is 1. The van der Waals surface area contributed by atoms with Crippen LogP contribution >= 0.6 is 0 Å². The second kappa shape index (κ2) is 6.75. The van der Waals surface area contributed by atoms with E-state index in [4.69, 9.17) is 4.74 Å². The Labute approximate surface area is 134 Å². The standard InChI is InChI=1S/C17H18FN3O2/c1-12-2-4-14(10-15(12)18)20-17(22)13-3-5-16(19-11-13)21-6-8-23-9-7-21/h2-5,10-11H,6-9H2,1H3,(H,20,22). The average Bonchev–Trinajstić information content (AvgIpc) is 2.59. The second-order valence-corrected chi connectivity index (χ2v) is 5.42. The van der Waals surface area contributed by atoms with E-state index in [-0.39, 0.29) is 11.7 Å². The van der Waals surface area contributed by atoms with Crippen molar-refractivity contribution >= 4 is 17.4 Å². The first kappa shape index (κ1) is 15.4. The molecule has 0 radical (unpaired) electrons. The van der Waals surface area contributed by atoms with E-state index >= 15 is 0 Å². The van der Waals surface area contributed by atoms with Crippen molar-refractivity contribution in [3.63, 3.8) is 0 Å². The third-order valence-electron chi connectivity index (χ3n) is 3.77. The number of carbonyl (C=O) groups excluding carboxylic acids is 1. The summed E-state index contributed by atoms with van der Waals surface area (Å²) in [6.45, 7) is 4.63. The van der Waals surface area contributed by atoms with Gasteiger partial charge in [0, 0.05) is 25.0 Å². The number of hydrogen-bond donors (Lipinski definition) is 1. The molecular weight excluding hydrogens is 297 g/mol. The maximum atomic E-state index is 13.5. The van der Waals surface area contributed by atoms with Crippen molar-refractivity contribution in [1.29, 1.82) is 0 Å². The zero-order chi connectivity index (χ0) is 16.2. The summed E-state index contributed by atoms with van der Waals surface area (Å²) in [5.74, 6) is 0.170. The van der Waals surface area contributed by atoms with Gasteiger partial charge in [-0.1, -0.05) is 6.07 Å². The maximum Gasteiger partial charge on any atom is 0.257 e. The van der Waals surface area contributed by atoms with Gasteiger partial charge in [-0.2, -0.15) is 0 Å². The molecule has 120 valence electrons. The highest BCUT2D eigenvalue weighted by Gasteiger charge is 2.13. The van der Waals surface area contributed by atoms with Crippen molar-refractivity contribution in [2.24, 2.45) is 0 Å². The lowest BCUT2D eigenvalue weighted by Crippen LogP contribution is -2.36. The molecule has 0 unspecified atom stereocenters. The van der Waals surface area contributed by atoms with Crippen LogP contribution in [0.15, 0.2) is 36.5 Å². The minimum absolute atomic E-state index is 0.311. The van der Waals surface area contributed by atoms with E-state index in [1.165, 1.54) is 12.3 Å². The lowest BCUT2D eigenvalue weighted by atomic mass is 10.2. The van der Waals surface area contributed by atoms with Crippen LogP contribution in [-0.4, -0.2) is 37.2 Å². The van der Waals surface area contributed by atoms with Crippen LogP contribution in [0.4, 0.5) is 15.9 Å². The van der Waals surface area contributed by atoms with Gasteiger partial charge in [-0.3, -0.25) is 4.79 Å². The van der Waals surface area contributed by atoms with Gasteiger partial charge >= 0.3 is 0 Å². The van der Waals surface area contributed by atoms with E-state index in [9.17, 15) is 9.18 Å². The van der Waals surface area contributed by atoms with Crippen LogP contribution in [0.5, 0.6) is 0 Å². The summed E-state index contributed by atoms with van der Waals surface area (Å²) in [5, 5.41) is 2.67. The molecule has 3 rings (SSSR count). The number of amides is 1. The Kier molecular flexibility index (Phi) is 4.52. The van der Waals surface area contributed by atoms with Crippen LogP contribution in [0.25, 0.3) is 0 Å². The van der Waals surface area contributed by atoms with E-state index in [0.29, 0.717) is 30.0 Å². The molecule has 23 heavy (non-hydrogen) atoms. The van der Waals surface area contributed by atoms with Gasteiger partial charge in [0.25, 0.3) is 5.91 Å². The molecule has 0 atom stereocenters. The lowest BCUT2D eigenvalue weighted by molar-refractivity contribution is 0.102. The molecule has 1 aromatic heterocycles. The molecule has 2 aromatic rings. The monoisotopic (exact) mass is 315 g/mol. The number of halogens is 1. The van der Waals surface area contributed by atoms with Crippen molar-refractivity contribution in [1.82, 2.24) is 4.98 Å². The zero-order valence-corrected chi connectivity index (χ0v) is 12.9. The van der Waals surface area contributed by atoms with Gasteiger partial charge in [-0.25, -0.2) is 9.37 Å². The molecule has 1 aliphatic rings. The molecule has 1 amide bonds. The smallest absolute Gasteiger partial charge is 0.257 e. The van der Waals surface area contributed by atoms with E-state index in [0.717, 1.165) is 18.9 Å². The van der Waals surface area contributed by atoms with Gasteiger partial charge < -0.3 is 15.0 Å². The number of pyridine rings is 1. The number of nitrogens with zero attached hydrogens (tertiary/aromatic N) is 2. The first-order valence-corrected chi connectivity index (χ1v) is 7.50.